The van der Waals surface area contributed by atoms with E-state index in [2.05, 4.69) is 20.3 Å². The van der Waals surface area contributed by atoms with Gasteiger partial charge in [0.05, 0.1) is 25.5 Å². The predicted octanol–water partition coefficient (Wildman–Crippen LogP) is 1.70. The number of carbonyl (C=O) groups is 1. The molecule has 0 bridgehead atoms. The number of nitrogens with zero attached hydrogens (tertiary/aromatic N) is 4. The van der Waals surface area contributed by atoms with E-state index in [1.807, 2.05) is 19.1 Å². The molecule has 3 heterocycles. The first-order valence-corrected chi connectivity index (χ1v) is 10.4. The van der Waals surface area contributed by atoms with Gasteiger partial charge in [0.1, 0.15) is 5.82 Å². The van der Waals surface area contributed by atoms with Crippen LogP contribution in [0.5, 0.6) is 0 Å². The number of hydrogen-bond acceptors (Lipinski definition) is 6. The zero-order valence-corrected chi connectivity index (χ0v) is 17.3. The maximum Gasteiger partial charge on any atom is 0.291 e. The van der Waals surface area contributed by atoms with Gasteiger partial charge < -0.3 is 14.8 Å². The van der Waals surface area contributed by atoms with Crippen molar-refractivity contribution in [1.29, 1.82) is 0 Å². The highest BCUT2D eigenvalue weighted by atomic mass is 35.5. The predicted molar refractivity (Wildman–Crippen MR) is 109 cm³/mol. The molecular formula is C20H26ClN5O3. The third kappa shape index (κ3) is 4.78. The van der Waals surface area contributed by atoms with Crippen molar-refractivity contribution >= 4 is 17.5 Å². The van der Waals surface area contributed by atoms with Crippen LogP contribution in [-0.4, -0.2) is 77.7 Å². The molecule has 0 radical (unpaired) electrons. The largest absolute Gasteiger partial charge is 0.381 e. The molecule has 2 aromatic rings. The molecule has 2 fully saturated rings. The summed E-state index contributed by atoms with van der Waals surface area (Å²) in [7, 11) is 0. The quantitative estimate of drug-likeness (QED) is 0.767. The van der Waals surface area contributed by atoms with Gasteiger partial charge >= 0.3 is 0 Å². The molecule has 0 saturated carbocycles. The van der Waals surface area contributed by atoms with E-state index in [4.69, 9.17) is 21.1 Å². The molecule has 8 nitrogen and oxygen atoms in total. The van der Waals surface area contributed by atoms with Crippen LogP contribution in [0.4, 0.5) is 0 Å². The molecule has 0 aliphatic carbocycles. The third-order valence-electron chi connectivity index (χ3n) is 5.54. The Hall–Kier alpha value is -2.00. The van der Waals surface area contributed by atoms with Crippen LogP contribution < -0.4 is 5.32 Å². The van der Waals surface area contributed by atoms with Gasteiger partial charge in [-0.15, -0.1) is 5.10 Å². The average molecular weight is 420 g/mol. The number of ether oxygens (including phenoxy) is 2. The summed E-state index contributed by atoms with van der Waals surface area (Å²) in [4.78, 5) is 19.5. The van der Waals surface area contributed by atoms with Crippen molar-refractivity contribution in [2.24, 2.45) is 5.92 Å². The molecule has 9 heteroatoms. The molecule has 1 aromatic carbocycles. The summed E-state index contributed by atoms with van der Waals surface area (Å²) in [5.74, 6) is 0.958. The van der Waals surface area contributed by atoms with Crippen LogP contribution in [0, 0.1) is 12.8 Å². The molecule has 2 saturated heterocycles. The molecule has 2 aliphatic heterocycles. The lowest BCUT2D eigenvalue weighted by molar-refractivity contribution is 0.00164. The Balaban J connectivity index is 1.43. The lowest BCUT2D eigenvalue weighted by Crippen LogP contribution is -2.52. The standard InChI is InChI=1S/C20H26ClN5O3/c1-14-23-19(24-26(14)17-4-2-16(21)3-5-17)20(27)22-12-18(15-6-9-29-13-15)25-7-10-28-11-8-25/h2-5,15,18H,6-13H2,1H3,(H,22,27). The minimum Gasteiger partial charge on any atom is -0.381 e. The van der Waals surface area contributed by atoms with Crippen molar-refractivity contribution in [1.82, 2.24) is 25.0 Å². The Morgan fingerprint density at radius 3 is 2.69 bits per heavy atom. The summed E-state index contributed by atoms with van der Waals surface area (Å²) in [6.07, 6.45) is 1.01. The fraction of sp³-hybridized carbons (Fsp3) is 0.550. The highest BCUT2D eigenvalue weighted by Crippen LogP contribution is 2.22. The average Bonchev–Trinajstić information content (AvgIpc) is 3.40. The number of aryl methyl sites for hydroxylation is 1. The van der Waals surface area contributed by atoms with E-state index < -0.39 is 0 Å². The third-order valence-corrected chi connectivity index (χ3v) is 5.79. The number of amides is 1. The van der Waals surface area contributed by atoms with E-state index in [9.17, 15) is 4.79 Å². The van der Waals surface area contributed by atoms with Crippen LogP contribution in [0.15, 0.2) is 24.3 Å². The topological polar surface area (TPSA) is 81.5 Å². The van der Waals surface area contributed by atoms with Crippen molar-refractivity contribution in [3.8, 4) is 5.69 Å². The van der Waals surface area contributed by atoms with Crippen LogP contribution in [0.1, 0.15) is 22.9 Å². The Kier molecular flexibility index (Phi) is 6.44. The van der Waals surface area contributed by atoms with Crippen LogP contribution in [0.2, 0.25) is 5.02 Å². The molecule has 4 rings (SSSR count). The lowest BCUT2D eigenvalue weighted by Gasteiger charge is -2.37. The molecule has 2 unspecified atom stereocenters. The molecule has 156 valence electrons. The number of benzene rings is 1. The Morgan fingerprint density at radius 2 is 2.00 bits per heavy atom. The summed E-state index contributed by atoms with van der Waals surface area (Å²) in [5.41, 5.74) is 0.813. The first-order chi connectivity index (χ1) is 14.1. The normalized spacial score (nSPS) is 21.2. The van der Waals surface area contributed by atoms with Crippen molar-refractivity contribution in [2.75, 3.05) is 46.1 Å². The fourth-order valence-electron chi connectivity index (χ4n) is 3.95. The van der Waals surface area contributed by atoms with Crippen LogP contribution in [0.3, 0.4) is 0 Å². The second-order valence-electron chi connectivity index (χ2n) is 7.42. The summed E-state index contributed by atoms with van der Waals surface area (Å²) >= 11 is 5.95. The van der Waals surface area contributed by atoms with E-state index in [0.717, 1.165) is 51.6 Å². The summed E-state index contributed by atoms with van der Waals surface area (Å²) < 4.78 is 12.7. The number of hydrogen-bond donors (Lipinski definition) is 1. The first-order valence-electron chi connectivity index (χ1n) is 9.99. The minimum absolute atomic E-state index is 0.167. The van der Waals surface area contributed by atoms with E-state index in [0.29, 0.717) is 23.3 Å². The van der Waals surface area contributed by atoms with E-state index >= 15 is 0 Å². The lowest BCUT2D eigenvalue weighted by atomic mass is 9.97. The Morgan fingerprint density at radius 1 is 1.24 bits per heavy atom. The Bertz CT molecular complexity index is 829. The number of morpholine rings is 1. The fourth-order valence-corrected chi connectivity index (χ4v) is 4.07. The smallest absolute Gasteiger partial charge is 0.291 e. The van der Waals surface area contributed by atoms with Crippen LogP contribution >= 0.6 is 11.6 Å². The van der Waals surface area contributed by atoms with Gasteiger partial charge in [-0.1, -0.05) is 11.6 Å². The molecular weight excluding hydrogens is 394 g/mol. The monoisotopic (exact) mass is 419 g/mol. The second kappa shape index (κ2) is 9.21. The second-order valence-corrected chi connectivity index (χ2v) is 7.86. The summed E-state index contributed by atoms with van der Waals surface area (Å²) in [6.45, 7) is 7.09. The number of rotatable bonds is 6. The van der Waals surface area contributed by atoms with Gasteiger partial charge in [0.15, 0.2) is 0 Å². The van der Waals surface area contributed by atoms with Crippen molar-refractivity contribution in [2.45, 2.75) is 19.4 Å². The van der Waals surface area contributed by atoms with Crippen molar-refractivity contribution in [3.05, 3.63) is 40.9 Å². The van der Waals surface area contributed by atoms with Gasteiger partial charge in [-0.2, -0.15) is 0 Å². The Labute approximate surface area is 175 Å². The molecule has 0 spiro atoms. The maximum atomic E-state index is 12.8. The molecule has 1 aromatic heterocycles. The highest BCUT2D eigenvalue weighted by molar-refractivity contribution is 6.30. The van der Waals surface area contributed by atoms with E-state index in [1.54, 1.807) is 16.8 Å². The van der Waals surface area contributed by atoms with Gasteiger partial charge in [-0.25, -0.2) is 9.67 Å². The molecule has 29 heavy (non-hydrogen) atoms. The number of carbonyl (C=O) groups excluding carboxylic acids is 1. The first kappa shape index (κ1) is 20.3. The van der Waals surface area contributed by atoms with Gasteiger partial charge in [0, 0.05) is 43.2 Å². The van der Waals surface area contributed by atoms with Crippen molar-refractivity contribution in [3.63, 3.8) is 0 Å². The molecule has 2 atom stereocenters. The van der Waals surface area contributed by atoms with Gasteiger partial charge in [-0.3, -0.25) is 9.69 Å². The molecule has 1 N–H and O–H groups in total. The molecule has 1 amide bonds. The molecule has 2 aliphatic rings. The SMILES string of the molecule is Cc1nc(C(=O)NCC(C2CCOC2)N2CCOCC2)nn1-c1ccc(Cl)cc1. The number of nitrogens with one attached hydrogen (secondary N) is 1. The van der Waals surface area contributed by atoms with Crippen LogP contribution in [-0.2, 0) is 9.47 Å². The number of aromatic nitrogens is 3. The zero-order valence-electron chi connectivity index (χ0n) is 16.5. The van der Waals surface area contributed by atoms with Crippen molar-refractivity contribution < 1.29 is 14.3 Å². The van der Waals surface area contributed by atoms with E-state index in [-0.39, 0.29) is 17.8 Å². The zero-order chi connectivity index (χ0) is 20.2. The highest BCUT2D eigenvalue weighted by Gasteiger charge is 2.32. The van der Waals surface area contributed by atoms with Gasteiger partial charge in [0.25, 0.3) is 5.91 Å². The van der Waals surface area contributed by atoms with Crippen LogP contribution in [0.25, 0.3) is 5.69 Å². The summed E-state index contributed by atoms with van der Waals surface area (Å²) in [5, 5.41) is 8.08. The number of halogens is 1. The summed E-state index contributed by atoms with van der Waals surface area (Å²) in [6, 6.07) is 7.49. The van der Waals surface area contributed by atoms with E-state index in [1.165, 1.54) is 0 Å². The maximum absolute atomic E-state index is 12.8. The minimum atomic E-state index is -0.266. The van der Waals surface area contributed by atoms with Gasteiger partial charge in [-0.05, 0) is 37.6 Å². The van der Waals surface area contributed by atoms with Gasteiger partial charge in [0.2, 0.25) is 5.82 Å².